The van der Waals surface area contributed by atoms with Gasteiger partial charge >= 0.3 is 16.2 Å². The van der Waals surface area contributed by atoms with E-state index >= 15 is 0 Å². The monoisotopic (exact) mass is 286 g/mol. The van der Waals surface area contributed by atoms with Crippen LogP contribution < -0.4 is 4.72 Å². The third-order valence-electron chi connectivity index (χ3n) is 2.59. The van der Waals surface area contributed by atoms with E-state index < -0.39 is 22.7 Å². The third kappa shape index (κ3) is 4.53. The fourth-order valence-corrected chi connectivity index (χ4v) is 2.31. The van der Waals surface area contributed by atoms with Gasteiger partial charge in [-0.1, -0.05) is 26.0 Å². The number of aliphatic carboxylic acids is 1. The maximum absolute atomic E-state index is 11.8. The Bertz CT molecular complexity index is 537. The molecule has 2 N–H and O–H groups in total. The van der Waals surface area contributed by atoms with Crippen LogP contribution in [0.4, 0.5) is 5.69 Å². The maximum atomic E-state index is 11.8. The number of hydrogen-bond donors (Lipinski definition) is 2. The fraction of sp³-hybridized carbons (Fsp3) is 0.417. The van der Waals surface area contributed by atoms with Crippen molar-refractivity contribution >= 4 is 21.9 Å². The zero-order valence-corrected chi connectivity index (χ0v) is 11.9. The predicted octanol–water partition coefficient (Wildman–Crippen LogP) is 1.48. The van der Waals surface area contributed by atoms with Crippen LogP contribution in [0.15, 0.2) is 24.3 Å². The van der Waals surface area contributed by atoms with Gasteiger partial charge in [-0.25, -0.2) is 0 Å². The van der Waals surface area contributed by atoms with Crippen molar-refractivity contribution in [2.75, 3.05) is 18.3 Å². The van der Waals surface area contributed by atoms with Crippen LogP contribution in [0, 0.1) is 0 Å². The molecule has 19 heavy (non-hydrogen) atoms. The lowest BCUT2D eigenvalue weighted by molar-refractivity contribution is -0.137. The molecule has 7 heteroatoms. The molecule has 0 radical (unpaired) electrons. The van der Waals surface area contributed by atoms with Crippen molar-refractivity contribution in [3.8, 4) is 0 Å². The number of carboxylic acid groups (broad SMARTS) is 1. The lowest BCUT2D eigenvalue weighted by atomic mass is 10.0. The van der Waals surface area contributed by atoms with E-state index in [0.29, 0.717) is 11.6 Å². The average Bonchev–Trinajstić information content (AvgIpc) is 2.28. The van der Waals surface area contributed by atoms with Gasteiger partial charge in [-0.15, -0.1) is 0 Å². The van der Waals surface area contributed by atoms with E-state index in [1.807, 2.05) is 26.0 Å². The number of nitrogens with zero attached hydrogens (tertiary/aromatic N) is 1. The van der Waals surface area contributed by atoms with Crippen molar-refractivity contribution in [1.29, 1.82) is 0 Å². The minimum atomic E-state index is -3.84. The molecule has 0 heterocycles. The smallest absolute Gasteiger partial charge is 0.318 e. The van der Waals surface area contributed by atoms with Gasteiger partial charge in [-0.3, -0.25) is 9.52 Å². The summed E-state index contributed by atoms with van der Waals surface area (Å²) in [5, 5.41) is 8.58. The molecule has 1 aromatic carbocycles. The molecule has 0 saturated heterocycles. The summed E-state index contributed by atoms with van der Waals surface area (Å²) >= 11 is 0. The number of carbonyl (C=O) groups is 1. The summed E-state index contributed by atoms with van der Waals surface area (Å²) in [5.74, 6) is -0.844. The highest BCUT2D eigenvalue weighted by Gasteiger charge is 2.19. The summed E-state index contributed by atoms with van der Waals surface area (Å²) in [4.78, 5) is 10.5. The van der Waals surface area contributed by atoms with Gasteiger partial charge in [0, 0.05) is 12.7 Å². The van der Waals surface area contributed by atoms with E-state index in [0.717, 1.165) is 9.87 Å². The summed E-state index contributed by atoms with van der Waals surface area (Å²) in [6.45, 7) is 3.50. The van der Waals surface area contributed by atoms with Gasteiger partial charge in [-0.2, -0.15) is 12.7 Å². The van der Waals surface area contributed by atoms with Gasteiger partial charge in [0.1, 0.15) is 6.54 Å². The molecule has 1 rings (SSSR count). The number of anilines is 1. The van der Waals surface area contributed by atoms with Gasteiger partial charge in [0.15, 0.2) is 0 Å². The van der Waals surface area contributed by atoms with Crippen LogP contribution in [0.25, 0.3) is 0 Å². The SMILES string of the molecule is CC(C)c1ccc(NS(=O)(=O)N(C)CC(=O)O)cc1. The zero-order valence-electron chi connectivity index (χ0n) is 11.1. The molecule has 1 aromatic rings. The van der Waals surface area contributed by atoms with E-state index in [9.17, 15) is 13.2 Å². The van der Waals surface area contributed by atoms with Crippen LogP contribution >= 0.6 is 0 Å². The Morgan fingerprint density at radius 3 is 2.26 bits per heavy atom. The topological polar surface area (TPSA) is 86.7 Å². The Labute approximate surface area is 113 Å². The first-order valence-corrected chi connectivity index (χ1v) is 7.22. The molecule has 0 aliphatic rings. The van der Waals surface area contributed by atoms with E-state index in [4.69, 9.17) is 5.11 Å². The quantitative estimate of drug-likeness (QED) is 0.829. The molecule has 0 fully saturated rings. The van der Waals surface area contributed by atoms with Crippen LogP contribution in [0.5, 0.6) is 0 Å². The molecule has 0 aliphatic heterocycles. The number of nitrogens with one attached hydrogen (secondary N) is 1. The summed E-state index contributed by atoms with van der Waals surface area (Å²) in [5.41, 5.74) is 1.50. The number of benzene rings is 1. The largest absolute Gasteiger partial charge is 0.480 e. The molecule has 0 saturated carbocycles. The predicted molar refractivity (Wildman–Crippen MR) is 73.3 cm³/mol. The highest BCUT2D eigenvalue weighted by atomic mass is 32.2. The molecule has 0 bridgehead atoms. The number of hydrogen-bond acceptors (Lipinski definition) is 3. The van der Waals surface area contributed by atoms with E-state index in [1.165, 1.54) is 7.05 Å². The molecular formula is C12H18N2O4S. The molecular weight excluding hydrogens is 268 g/mol. The van der Waals surface area contributed by atoms with Gasteiger partial charge in [-0.05, 0) is 23.6 Å². The van der Waals surface area contributed by atoms with E-state index in [-0.39, 0.29) is 0 Å². The highest BCUT2D eigenvalue weighted by Crippen LogP contribution is 2.18. The van der Waals surface area contributed by atoms with Crippen molar-refractivity contribution < 1.29 is 18.3 Å². The average molecular weight is 286 g/mol. The van der Waals surface area contributed by atoms with Gasteiger partial charge < -0.3 is 5.11 Å². The van der Waals surface area contributed by atoms with Crippen LogP contribution in [0.3, 0.4) is 0 Å². The maximum Gasteiger partial charge on any atom is 0.318 e. The second-order valence-corrected chi connectivity index (χ2v) is 6.31. The van der Waals surface area contributed by atoms with Crippen molar-refractivity contribution in [2.24, 2.45) is 0 Å². The zero-order chi connectivity index (χ0) is 14.6. The molecule has 106 valence electrons. The van der Waals surface area contributed by atoms with Crippen LogP contribution in [-0.2, 0) is 15.0 Å². The van der Waals surface area contributed by atoms with E-state index in [2.05, 4.69) is 4.72 Å². The first kappa shape index (κ1) is 15.5. The minimum Gasteiger partial charge on any atom is -0.480 e. The number of rotatable bonds is 6. The van der Waals surface area contributed by atoms with Crippen molar-refractivity contribution in [3.63, 3.8) is 0 Å². The Morgan fingerprint density at radius 2 is 1.84 bits per heavy atom. The molecule has 6 nitrogen and oxygen atoms in total. The molecule has 0 unspecified atom stereocenters. The molecule has 0 atom stereocenters. The van der Waals surface area contributed by atoms with Gasteiger partial charge in [0.05, 0.1) is 0 Å². The summed E-state index contributed by atoms with van der Waals surface area (Å²) < 4.78 is 26.7. The first-order valence-electron chi connectivity index (χ1n) is 5.78. The lowest BCUT2D eigenvalue weighted by Crippen LogP contribution is -2.36. The van der Waals surface area contributed by atoms with Crippen molar-refractivity contribution in [1.82, 2.24) is 4.31 Å². The van der Waals surface area contributed by atoms with Crippen molar-refractivity contribution in [2.45, 2.75) is 19.8 Å². The summed E-state index contributed by atoms with van der Waals surface area (Å²) in [7, 11) is -2.63. The van der Waals surface area contributed by atoms with Crippen molar-refractivity contribution in [3.05, 3.63) is 29.8 Å². The van der Waals surface area contributed by atoms with Crippen LogP contribution in [0.2, 0.25) is 0 Å². The fourth-order valence-electron chi connectivity index (χ4n) is 1.44. The lowest BCUT2D eigenvalue weighted by Gasteiger charge is -2.16. The molecule has 0 amide bonds. The second-order valence-electron chi connectivity index (χ2n) is 4.53. The highest BCUT2D eigenvalue weighted by molar-refractivity contribution is 7.90. The third-order valence-corrected chi connectivity index (χ3v) is 4.04. The molecule has 0 aromatic heterocycles. The Balaban J connectivity index is 2.80. The molecule has 0 spiro atoms. The summed E-state index contributed by atoms with van der Waals surface area (Å²) in [6.07, 6.45) is 0. The van der Waals surface area contributed by atoms with E-state index in [1.54, 1.807) is 12.1 Å². The summed E-state index contributed by atoms with van der Waals surface area (Å²) in [6, 6.07) is 6.97. The molecule has 0 aliphatic carbocycles. The van der Waals surface area contributed by atoms with Crippen LogP contribution in [-0.4, -0.2) is 37.4 Å². The van der Waals surface area contributed by atoms with Gasteiger partial charge in [0.2, 0.25) is 0 Å². The van der Waals surface area contributed by atoms with Gasteiger partial charge in [0.25, 0.3) is 0 Å². The van der Waals surface area contributed by atoms with Crippen LogP contribution in [0.1, 0.15) is 25.3 Å². The first-order chi connectivity index (χ1) is 8.72. The Kier molecular flexibility index (Phi) is 4.90. The minimum absolute atomic E-state index is 0.361. The second kappa shape index (κ2) is 6.03. The number of carboxylic acids is 1. The standard InChI is InChI=1S/C12H18N2O4S/c1-9(2)10-4-6-11(7-5-10)13-19(17,18)14(3)8-12(15)16/h4-7,9,13H,8H2,1-3H3,(H,15,16). The normalized spacial score (nSPS) is 11.8. The Morgan fingerprint density at radius 1 is 1.32 bits per heavy atom. The number of likely N-dealkylation sites (N-methyl/N-ethyl adjacent to an activating group) is 1. The Hall–Kier alpha value is -1.60.